The average molecular weight is 375 g/mol. The summed E-state index contributed by atoms with van der Waals surface area (Å²) in [6, 6.07) is 0. The van der Waals surface area contributed by atoms with Gasteiger partial charge in [0, 0.05) is 0 Å². The topological polar surface area (TPSA) is 44.8 Å². The van der Waals surface area contributed by atoms with Gasteiger partial charge in [-0.25, -0.2) is 0 Å². The molecule has 0 N–H and O–H groups in total. The lowest BCUT2D eigenvalue weighted by molar-refractivity contribution is -0.138. The van der Waals surface area contributed by atoms with Gasteiger partial charge in [0.25, 0.3) is 0 Å². The second-order valence-electron chi connectivity index (χ2n) is 4.07. The maximum atomic E-state index is 11.7. The Hall–Kier alpha value is 0.380. The zero-order valence-corrected chi connectivity index (χ0v) is 16.3. The number of thiocarbonyl (C=S) groups is 2. The van der Waals surface area contributed by atoms with Crippen LogP contribution in [-0.4, -0.2) is 39.0 Å². The summed E-state index contributed by atoms with van der Waals surface area (Å²) in [7, 11) is 1.50. The van der Waals surface area contributed by atoms with Crippen molar-refractivity contribution in [2.75, 3.05) is 7.11 Å². The third-order valence-corrected chi connectivity index (χ3v) is 7.04. The van der Waals surface area contributed by atoms with Gasteiger partial charge in [-0.05, 0) is 59.9 Å². The predicted octanol–water partition coefficient (Wildman–Crippen LogP) is 3.97. The van der Waals surface area contributed by atoms with Gasteiger partial charge in [0.05, 0.1) is 19.3 Å². The van der Waals surface area contributed by atoms with E-state index < -0.39 is 4.99 Å². The molecule has 0 aliphatic carbocycles. The Kier molecular flexibility index (Phi) is 11.2. The van der Waals surface area contributed by atoms with E-state index >= 15 is 0 Å². The molecule has 116 valence electrons. The van der Waals surface area contributed by atoms with Crippen LogP contribution in [-0.2, 0) is 19.0 Å². The van der Waals surface area contributed by atoms with Crippen molar-refractivity contribution in [1.29, 1.82) is 0 Å². The van der Waals surface area contributed by atoms with Gasteiger partial charge in [0.1, 0.15) is 4.99 Å². The number of hydrogen-bond donors (Lipinski definition) is 0. The van der Waals surface area contributed by atoms with Crippen LogP contribution in [0.4, 0.5) is 0 Å². The number of ether oxygens (including phenoxy) is 3. The standard InChI is InChI=1S/C11H19O4PS4/c1-6(2)14-10(17)19-9(8(12)13-5)16-20-11(18)15-7(3)4/h6-7,9,16H,1-5H3. The van der Waals surface area contributed by atoms with E-state index in [2.05, 4.69) is 0 Å². The van der Waals surface area contributed by atoms with Gasteiger partial charge in [-0.1, -0.05) is 23.1 Å². The molecule has 0 rings (SSSR count). The SMILES string of the molecule is COC(=O)C(PSC(=S)OC(C)C)SC(=S)OC(C)C. The van der Waals surface area contributed by atoms with Crippen LogP contribution in [0.5, 0.6) is 0 Å². The lowest BCUT2D eigenvalue weighted by atomic mass is 10.5. The van der Waals surface area contributed by atoms with Gasteiger partial charge < -0.3 is 14.2 Å². The van der Waals surface area contributed by atoms with Gasteiger partial charge in [0.2, 0.25) is 8.77 Å². The van der Waals surface area contributed by atoms with Gasteiger partial charge >= 0.3 is 5.97 Å². The molecule has 0 amide bonds. The van der Waals surface area contributed by atoms with Crippen molar-refractivity contribution >= 4 is 70.1 Å². The lowest BCUT2D eigenvalue weighted by Gasteiger charge is -2.17. The molecular formula is C11H19O4PS4. The summed E-state index contributed by atoms with van der Waals surface area (Å²) in [5.74, 6) is -0.345. The van der Waals surface area contributed by atoms with Gasteiger partial charge in [-0.2, -0.15) is 0 Å². The molecule has 2 unspecified atom stereocenters. The molecule has 0 bridgehead atoms. The molecular weight excluding hydrogens is 355 g/mol. The molecule has 0 aromatic heterocycles. The number of thioether (sulfide) groups is 1. The largest absolute Gasteiger partial charge is 0.476 e. The number of esters is 1. The summed E-state index contributed by atoms with van der Waals surface area (Å²) in [6.45, 7) is 7.55. The van der Waals surface area contributed by atoms with Crippen LogP contribution in [0.1, 0.15) is 27.7 Å². The van der Waals surface area contributed by atoms with Crippen molar-refractivity contribution in [2.45, 2.75) is 44.9 Å². The van der Waals surface area contributed by atoms with Crippen LogP contribution in [0.25, 0.3) is 0 Å². The van der Waals surface area contributed by atoms with Gasteiger partial charge in [0.15, 0.2) is 0 Å². The molecule has 0 aromatic carbocycles. The first-order chi connectivity index (χ1) is 9.26. The van der Waals surface area contributed by atoms with Gasteiger partial charge in [-0.3, -0.25) is 4.79 Å². The fourth-order valence-electron chi connectivity index (χ4n) is 0.862. The zero-order valence-electron chi connectivity index (χ0n) is 12.0. The average Bonchev–Trinajstić information content (AvgIpc) is 2.31. The van der Waals surface area contributed by atoms with Crippen LogP contribution in [0.15, 0.2) is 0 Å². The molecule has 0 radical (unpaired) electrons. The molecule has 0 heterocycles. The molecule has 0 saturated heterocycles. The summed E-state index contributed by atoms with van der Waals surface area (Å²) in [5, 5.41) is 0. The van der Waals surface area contributed by atoms with Crippen LogP contribution >= 0.6 is 55.4 Å². The third-order valence-electron chi connectivity index (χ3n) is 1.54. The van der Waals surface area contributed by atoms with Crippen LogP contribution < -0.4 is 0 Å². The monoisotopic (exact) mass is 374 g/mol. The predicted molar refractivity (Wildman–Crippen MR) is 96.9 cm³/mol. The van der Waals surface area contributed by atoms with E-state index in [1.165, 1.54) is 30.3 Å². The summed E-state index contributed by atoms with van der Waals surface area (Å²) in [4.78, 5) is 11.3. The minimum absolute atomic E-state index is 0.0189. The zero-order chi connectivity index (χ0) is 15.7. The van der Waals surface area contributed by atoms with E-state index in [4.69, 9.17) is 38.6 Å². The second kappa shape index (κ2) is 11.0. The highest BCUT2D eigenvalue weighted by atomic mass is 32.7. The Bertz CT molecular complexity index is 349. The molecule has 0 saturated carbocycles. The van der Waals surface area contributed by atoms with Crippen molar-refractivity contribution in [1.82, 2.24) is 0 Å². The molecule has 20 heavy (non-hydrogen) atoms. The minimum atomic E-state index is -0.440. The highest BCUT2D eigenvalue weighted by molar-refractivity contribution is 8.62. The molecule has 2 atom stereocenters. The van der Waals surface area contributed by atoms with E-state index in [1.54, 1.807) is 0 Å². The molecule has 0 aromatic rings. The fourth-order valence-corrected chi connectivity index (χ4v) is 5.94. The first-order valence-corrected chi connectivity index (χ1v) is 10.2. The first kappa shape index (κ1) is 20.4. The molecule has 0 aliphatic rings. The second-order valence-corrected chi connectivity index (χ2v) is 9.54. The third kappa shape index (κ3) is 10.2. The molecule has 0 spiro atoms. The molecule has 0 fully saturated rings. The van der Waals surface area contributed by atoms with Crippen molar-refractivity contribution in [3.63, 3.8) is 0 Å². The smallest absolute Gasteiger partial charge is 0.324 e. The van der Waals surface area contributed by atoms with Crippen molar-refractivity contribution in [2.24, 2.45) is 0 Å². The number of rotatable bonds is 6. The summed E-state index contributed by atoms with van der Waals surface area (Å²) in [5.41, 5.74) is 0. The maximum Gasteiger partial charge on any atom is 0.324 e. The van der Waals surface area contributed by atoms with Crippen LogP contribution in [0, 0.1) is 0 Å². The summed E-state index contributed by atoms with van der Waals surface area (Å²) >= 11 is 12.7. The Labute approximate surface area is 141 Å². The highest BCUT2D eigenvalue weighted by Crippen LogP contribution is 2.43. The highest BCUT2D eigenvalue weighted by Gasteiger charge is 2.24. The number of carbonyl (C=O) groups excluding carboxylic acids is 1. The first-order valence-electron chi connectivity index (χ1n) is 5.84. The number of methoxy groups -OCH3 is 1. The Morgan fingerprint density at radius 2 is 1.55 bits per heavy atom. The summed E-state index contributed by atoms with van der Waals surface area (Å²) < 4.78 is 16.2. The van der Waals surface area contributed by atoms with Crippen molar-refractivity contribution < 1.29 is 19.0 Å². The molecule has 0 aliphatic heterocycles. The molecule has 4 nitrogen and oxygen atoms in total. The Balaban J connectivity index is 4.39. The van der Waals surface area contributed by atoms with Crippen LogP contribution in [0.2, 0.25) is 0 Å². The normalized spacial score (nSPS) is 12.8. The van der Waals surface area contributed by atoms with E-state index in [-0.39, 0.29) is 26.0 Å². The number of hydrogen-bond acceptors (Lipinski definition) is 8. The lowest BCUT2D eigenvalue weighted by Crippen LogP contribution is -2.17. The van der Waals surface area contributed by atoms with Crippen molar-refractivity contribution in [3.05, 3.63) is 0 Å². The fraction of sp³-hybridized carbons (Fsp3) is 0.727. The maximum absolute atomic E-state index is 11.7. The Morgan fingerprint density at radius 1 is 1.05 bits per heavy atom. The van der Waals surface area contributed by atoms with E-state index in [0.717, 1.165) is 0 Å². The quantitative estimate of drug-likeness (QED) is 0.393. The van der Waals surface area contributed by atoms with E-state index in [9.17, 15) is 4.79 Å². The van der Waals surface area contributed by atoms with Gasteiger partial charge in [-0.15, -0.1) is 0 Å². The summed E-state index contributed by atoms with van der Waals surface area (Å²) in [6.07, 6.45) is 0.00372. The van der Waals surface area contributed by atoms with Crippen molar-refractivity contribution in [3.8, 4) is 0 Å². The Morgan fingerprint density at radius 3 is 2.00 bits per heavy atom. The van der Waals surface area contributed by atoms with E-state index in [1.807, 2.05) is 27.7 Å². The minimum Gasteiger partial charge on any atom is -0.476 e. The van der Waals surface area contributed by atoms with E-state index in [0.29, 0.717) is 8.77 Å². The van der Waals surface area contributed by atoms with Crippen LogP contribution in [0.3, 0.4) is 0 Å². The number of carbonyl (C=O) groups is 1. The molecule has 9 heteroatoms.